The van der Waals surface area contributed by atoms with Crippen LogP contribution < -0.4 is 20.1 Å². The molecule has 0 aromatic carbocycles. The maximum Gasteiger partial charge on any atom is 0.428 e. The SMILES string of the molecule is O=C[C@H](CCN(CCCCc1ccc2c(n1)NCCC2)CCOc1ccccn1)Nc1ncc(Br)c[n+]1O. The number of halogens is 1. The van der Waals surface area contributed by atoms with E-state index in [4.69, 9.17) is 9.72 Å². The van der Waals surface area contributed by atoms with Crippen molar-refractivity contribution in [1.29, 1.82) is 0 Å². The largest absolute Gasteiger partial charge is 0.476 e. The zero-order valence-electron chi connectivity index (χ0n) is 21.4. The summed E-state index contributed by atoms with van der Waals surface area (Å²) in [4.78, 5) is 27.2. The van der Waals surface area contributed by atoms with E-state index < -0.39 is 6.04 Å². The van der Waals surface area contributed by atoms with Crippen molar-refractivity contribution < 1.29 is 19.5 Å². The molecule has 0 fully saturated rings. The van der Waals surface area contributed by atoms with Crippen LogP contribution in [-0.4, -0.2) is 70.2 Å². The number of aromatic nitrogens is 4. The summed E-state index contributed by atoms with van der Waals surface area (Å²) >= 11 is 3.26. The van der Waals surface area contributed by atoms with E-state index in [0.717, 1.165) is 67.7 Å². The third-order valence-electron chi connectivity index (χ3n) is 6.41. The summed E-state index contributed by atoms with van der Waals surface area (Å²) in [5, 5.41) is 16.5. The minimum atomic E-state index is -0.492. The van der Waals surface area contributed by atoms with Crippen molar-refractivity contribution >= 4 is 34.0 Å². The highest BCUT2D eigenvalue weighted by Crippen LogP contribution is 2.20. The molecule has 0 amide bonds. The molecule has 3 N–H and O–H groups in total. The Bertz CT molecular complexity index is 1170. The summed E-state index contributed by atoms with van der Waals surface area (Å²) in [6.07, 6.45) is 11.3. The molecule has 0 bridgehead atoms. The van der Waals surface area contributed by atoms with E-state index in [1.54, 1.807) is 12.4 Å². The van der Waals surface area contributed by atoms with Crippen molar-refractivity contribution in [3.05, 3.63) is 64.7 Å². The van der Waals surface area contributed by atoms with E-state index >= 15 is 0 Å². The highest BCUT2D eigenvalue weighted by atomic mass is 79.9. The van der Waals surface area contributed by atoms with Gasteiger partial charge in [-0.1, -0.05) is 21.8 Å². The highest BCUT2D eigenvalue weighted by molar-refractivity contribution is 9.10. The standard InChI is InChI=1S/C27H34BrN7O3/c28-22-18-31-27(35(37)19-22)33-24(20-36)11-15-34(16-17-38-25-8-1-3-12-29-25)14-4-2-7-23-10-9-21-6-5-13-30-26(21)32-23/h1,3,8-10,12,18-20,24,37H,2,4-7,11,13-17H2,(H,30,32)/p+1/t24-/m0/s1. The number of aldehydes is 1. The van der Waals surface area contributed by atoms with E-state index in [1.807, 2.05) is 18.2 Å². The van der Waals surface area contributed by atoms with Crippen LogP contribution >= 0.6 is 15.9 Å². The molecule has 38 heavy (non-hydrogen) atoms. The maximum absolute atomic E-state index is 11.8. The van der Waals surface area contributed by atoms with Crippen LogP contribution in [0.25, 0.3) is 0 Å². The number of fused-ring (bicyclic) bond motifs is 1. The number of carbonyl (C=O) groups is 1. The monoisotopic (exact) mass is 584 g/mol. The Hall–Kier alpha value is -3.31. The smallest absolute Gasteiger partial charge is 0.428 e. The molecule has 0 aliphatic carbocycles. The van der Waals surface area contributed by atoms with Gasteiger partial charge in [0.2, 0.25) is 5.88 Å². The molecule has 0 unspecified atom stereocenters. The molecule has 11 heteroatoms. The number of nitrogens with zero attached hydrogens (tertiary/aromatic N) is 5. The van der Waals surface area contributed by atoms with E-state index in [9.17, 15) is 10.0 Å². The maximum atomic E-state index is 11.8. The summed E-state index contributed by atoms with van der Waals surface area (Å²) in [5.41, 5.74) is 2.43. The fourth-order valence-corrected chi connectivity index (χ4v) is 4.65. The van der Waals surface area contributed by atoms with Gasteiger partial charge in [-0.15, -0.1) is 0 Å². The number of carbonyl (C=O) groups excluding carboxylic acids is 1. The predicted molar refractivity (Wildman–Crippen MR) is 148 cm³/mol. The third-order valence-corrected chi connectivity index (χ3v) is 6.82. The second-order valence-electron chi connectivity index (χ2n) is 9.27. The lowest BCUT2D eigenvalue weighted by atomic mass is 10.1. The molecule has 1 atom stereocenters. The van der Waals surface area contributed by atoms with Crippen LogP contribution in [0, 0.1) is 0 Å². The van der Waals surface area contributed by atoms with E-state index in [1.165, 1.54) is 11.8 Å². The van der Waals surface area contributed by atoms with Gasteiger partial charge in [0.25, 0.3) is 0 Å². The van der Waals surface area contributed by atoms with Crippen LogP contribution in [0.5, 0.6) is 5.88 Å². The van der Waals surface area contributed by atoms with Crippen molar-refractivity contribution in [1.82, 2.24) is 19.9 Å². The Morgan fingerprint density at radius 1 is 1.21 bits per heavy atom. The van der Waals surface area contributed by atoms with Crippen molar-refractivity contribution in [3.8, 4) is 5.88 Å². The average Bonchev–Trinajstić information content (AvgIpc) is 2.94. The van der Waals surface area contributed by atoms with Crippen LogP contribution in [0.1, 0.15) is 36.9 Å². The van der Waals surface area contributed by atoms with Crippen molar-refractivity contribution in [2.24, 2.45) is 0 Å². The predicted octanol–water partition coefficient (Wildman–Crippen LogP) is 3.29. The number of anilines is 2. The van der Waals surface area contributed by atoms with E-state index in [-0.39, 0.29) is 5.95 Å². The van der Waals surface area contributed by atoms with Gasteiger partial charge >= 0.3 is 5.95 Å². The first kappa shape index (κ1) is 27.7. The molecule has 4 heterocycles. The molecular weight excluding hydrogens is 550 g/mol. The second kappa shape index (κ2) is 14.6. The molecule has 1 aliphatic heterocycles. The van der Waals surface area contributed by atoms with E-state index in [2.05, 4.69) is 53.6 Å². The van der Waals surface area contributed by atoms with Crippen molar-refractivity contribution in [3.63, 3.8) is 0 Å². The number of unbranched alkanes of at least 4 members (excludes halogenated alkanes) is 1. The molecule has 0 spiro atoms. The second-order valence-corrected chi connectivity index (χ2v) is 10.2. The first-order chi connectivity index (χ1) is 18.6. The topological polar surface area (TPSA) is 116 Å². The minimum absolute atomic E-state index is 0.211. The molecular formula is C27H35BrN7O3+. The summed E-state index contributed by atoms with van der Waals surface area (Å²) in [6.45, 7) is 3.76. The first-order valence-electron chi connectivity index (χ1n) is 13.1. The number of aryl methyl sites for hydroxylation is 2. The van der Waals surface area contributed by atoms with Crippen molar-refractivity contribution in [2.75, 3.05) is 43.4 Å². The van der Waals surface area contributed by atoms with Gasteiger partial charge in [-0.25, -0.2) is 9.97 Å². The molecule has 4 rings (SSSR count). The zero-order chi connectivity index (χ0) is 26.6. The molecule has 0 radical (unpaired) electrons. The Morgan fingerprint density at radius 3 is 2.95 bits per heavy atom. The summed E-state index contributed by atoms with van der Waals surface area (Å²) in [6, 6.07) is 9.45. The Labute approximate surface area is 231 Å². The lowest BCUT2D eigenvalue weighted by molar-refractivity contribution is -0.895. The van der Waals surface area contributed by atoms with Gasteiger partial charge in [0.1, 0.15) is 30.9 Å². The Morgan fingerprint density at radius 2 is 2.13 bits per heavy atom. The van der Waals surface area contributed by atoms with E-state index in [0.29, 0.717) is 36.5 Å². The summed E-state index contributed by atoms with van der Waals surface area (Å²) < 4.78 is 7.31. The number of nitrogens with one attached hydrogen (secondary N) is 2. The van der Waals surface area contributed by atoms with Gasteiger partial charge in [0.15, 0.2) is 6.29 Å². The fourth-order valence-electron chi connectivity index (χ4n) is 4.36. The van der Waals surface area contributed by atoms with Crippen LogP contribution in [0.2, 0.25) is 0 Å². The normalized spacial score (nSPS) is 13.4. The third kappa shape index (κ3) is 8.63. The average molecular weight is 586 g/mol. The number of hydrogen-bond acceptors (Lipinski definition) is 9. The molecule has 3 aromatic heterocycles. The highest BCUT2D eigenvalue weighted by Gasteiger charge is 2.19. The van der Waals surface area contributed by atoms with Crippen LogP contribution in [0.4, 0.5) is 11.8 Å². The van der Waals surface area contributed by atoms with Crippen molar-refractivity contribution in [2.45, 2.75) is 44.6 Å². The quantitative estimate of drug-likeness (QED) is 0.107. The molecule has 3 aromatic rings. The number of rotatable bonds is 15. The van der Waals surface area contributed by atoms with Gasteiger partial charge in [-0.05, 0) is 72.3 Å². The Balaban J connectivity index is 1.28. The van der Waals surface area contributed by atoms with Crippen LogP contribution in [0.3, 0.4) is 0 Å². The van der Waals surface area contributed by atoms with Gasteiger partial charge < -0.3 is 15.3 Å². The number of hydrogen-bond donors (Lipinski definition) is 3. The molecule has 0 saturated carbocycles. The number of pyridine rings is 2. The van der Waals surface area contributed by atoms with Gasteiger partial charge in [-0.2, -0.15) is 0 Å². The lowest BCUT2D eigenvalue weighted by Gasteiger charge is -2.23. The minimum Gasteiger partial charge on any atom is -0.476 e. The number of ether oxygens (including phenoxy) is 1. The summed E-state index contributed by atoms with van der Waals surface area (Å²) in [5.74, 6) is 1.85. The van der Waals surface area contributed by atoms with Crippen LogP contribution in [-0.2, 0) is 17.6 Å². The van der Waals surface area contributed by atoms with Gasteiger partial charge in [0, 0.05) is 44.0 Å². The molecule has 0 saturated heterocycles. The molecule has 202 valence electrons. The fraction of sp³-hybridized carbons (Fsp3) is 0.444. The lowest BCUT2D eigenvalue weighted by Crippen LogP contribution is -2.40. The zero-order valence-corrected chi connectivity index (χ0v) is 23.0. The van der Waals surface area contributed by atoms with Gasteiger partial charge in [-0.3, -0.25) is 15.0 Å². The Kier molecular flexibility index (Phi) is 10.6. The summed E-state index contributed by atoms with van der Waals surface area (Å²) in [7, 11) is 0. The van der Waals surface area contributed by atoms with Crippen LogP contribution in [0.15, 0.2) is 53.4 Å². The molecule has 10 nitrogen and oxygen atoms in total. The first-order valence-corrected chi connectivity index (χ1v) is 13.9. The van der Waals surface area contributed by atoms with Gasteiger partial charge in [0.05, 0.1) is 4.47 Å². The molecule has 1 aliphatic rings.